The average molecular weight is 1060 g/mol. The van der Waals surface area contributed by atoms with Gasteiger partial charge >= 0.3 is 0 Å². The van der Waals surface area contributed by atoms with Crippen LogP contribution in [0.1, 0.15) is 109 Å². The summed E-state index contributed by atoms with van der Waals surface area (Å²) in [6.45, 7) is -16.8. The van der Waals surface area contributed by atoms with Gasteiger partial charge in [-0.3, -0.25) is 9.55 Å². The van der Waals surface area contributed by atoms with Crippen molar-refractivity contribution in [1.29, 1.82) is 0 Å². The SMILES string of the molecule is [2H]C([2H])([2H])C(c1cc(-c2nc3c(-c4[c-]c(-c5cc(-c6ccc(C)cc6)ccn5)cc(-c5ccccc5)c4)cccc3n2-c2ccc(-c3ccccc3)cc2C(C)(C)C)c(O)c(C(C([2H])([2H])[2H])(C([2H])([2H])[2H])C([2H])([2H])[2H])c1)(C([2H])([2H])[2H])C([2H])([2H])[2H].[Pt]. The standard InChI is InChI=1S/C61H58N3O.Pt/c1-39-24-26-42(27-25-39)44-30-31-62-53(36-44)47-33-45(41-20-15-12-16-21-41)32-46(34-47)49-22-17-23-55-56(49)63-58(50-37-48(59(2,3)4)38-52(57(50)65)61(8,9)10)64(55)54-29-28-43(35-51(54)60(5,6)7)40-18-13-11-14-19-40;/h11-33,35-38,65H,1-10H3;/q-1;/i2D3,3D3,4D3,8D3,9D3,10D3;. The number of para-hydroxylation sites is 1. The van der Waals surface area contributed by atoms with E-state index in [1.54, 1.807) is 30.5 Å². The maximum Gasteiger partial charge on any atom is 0.148 e. The van der Waals surface area contributed by atoms with Gasteiger partial charge in [0.05, 0.1) is 22.3 Å². The van der Waals surface area contributed by atoms with Crippen LogP contribution in [-0.2, 0) is 37.3 Å². The van der Waals surface area contributed by atoms with Crippen molar-refractivity contribution in [2.45, 2.75) is 85.1 Å². The summed E-state index contributed by atoms with van der Waals surface area (Å²) < 4.78 is 160. The van der Waals surface area contributed by atoms with Crippen molar-refractivity contribution in [3.63, 3.8) is 0 Å². The molecule has 5 heteroatoms. The molecule has 66 heavy (non-hydrogen) atoms. The van der Waals surface area contributed by atoms with Crippen molar-refractivity contribution in [1.82, 2.24) is 14.5 Å². The van der Waals surface area contributed by atoms with E-state index >= 15 is 0 Å². The molecule has 0 spiro atoms. The van der Waals surface area contributed by atoms with Crippen LogP contribution in [0.2, 0.25) is 0 Å². The maximum absolute atomic E-state index is 13.1. The second-order valence-corrected chi connectivity index (χ2v) is 17.6. The molecule has 0 saturated heterocycles. The number of aromatic hydroxyl groups is 1. The molecule has 2 heterocycles. The Morgan fingerprint density at radius 3 is 1.83 bits per heavy atom. The summed E-state index contributed by atoms with van der Waals surface area (Å²) in [7, 11) is 0. The first-order chi connectivity index (χ1) is 38.4. The number of benzene rings is 7. The zero-order valence-corrected chi connectivity index (χ0v) is 39.0. The Bertz CT molecular complexity index is 3820. The van der Waals surface area contributed by atoms with Crippen LogP contribution in [0, 0.1) is 13.0 Å². The second-order valence-electron chi connectivity index (χ2n) is 17.6. The number of nitrogens with zero attached hydrogens (tertiary/aromatic N) is 3. The van der Waals surface area contributed by atoms with E-state index in [0.29, 0.717) is 39.7 Å². The van der Waals surface area contributed by atoms with Crippen LogP contribution in [0.25, 0.3) is 83.9 Å². The van der Waals surface area contributed by atoms with E-state index in [9.17, 15) is 5.11 Å². The Hall–Kier alpha value is -6.35. The molecule has 7 aromatic carbocycles. The molecule has 0 fully saturated rings. The summed E-state index contributed by atoms with van der Waals surface area (Å²) in [5.74, 6) is -1.77. The quantitative estimate of drug-likeness (QED) is 0.162. The zero-order valence-electron chi connectivity index (χ0n) is 54.7. The maximum atomic E-state index is 13.1. The Morgan fingerprint density at radius 1 is 0.545 bits per heavy atom. The molecular weight excluding hydrogens is 986 g/mol. The van der Waals surface area contributed by atoms with Gasteiger partial charge in [-0.2, -0.15) is 0 Å². The molecule has 9 aromatic rings. The van der Waals surface area contributed by atoms with Crippen LogP contribution in [0.3, 0.4) is 0 Å². The van der Waals surface area contributed by atoms with Gasteiger partial charge < -0.3 is 5.11 Å². The largest absolute Gasteiger partial charge is 0.507 e. The van der Waals surface area contributed by atoms with E-state index in [4.69, 9.17) is 34.6 Å². The Labute approximate surface area is 431 Å². The molecule has 9 rings (SSSR count). The summed E-state index contributed by atoms with van der Waals surface area (Å²) >= 11 is 0. The van der Waals surface area contributed by atoms with Crippen LogP contribution in [0.4, 0.5) is 0 Å². The van der Waals surface area contributed by atoms with Gasteiger partial charge in [-0.1, -0.05) is 199 Å². The van der Waals surface area contributed by atoms with Crippen LogP contribution in [-0.4, -0.2) is 19.6 Å². The fourth-order valence-corrected chi connectivity index (χ4v) is 8.34. The summed E-state index contributed by atoms with van der Waals surface area (Å²) in [4.78, 5) is 10.0. The number of hydrogen-bond acceptors (Lipinski definition) is 3. The molecular formula is C61H58N3OPt-. The van der Waals surface area contributed by atoms with E-state index in [1.165, 1.54) is 4.57 Å². The van der Waals surface area contributed by atoms with Crippen molar-refractivity contribution < 1.29 is 50.8 Å². The van der Waals surface area contributed by atoms with E-state index < -0.39 is 85.6 Å². The molecule has 0 amide bonds. The predicted molar refractivity (Wildman–Crippen MR) is 273 cm³/mol. The molecule has 0 aliphatic heterocycles. The van der Waals surface area contributed by atoms with Gasteiger partial charge in [0.25, 0.3) is 0 Å². The molecule has 0 unspecified atom stereocenters. The molecule has 4 nitrogen and oxygen atoms in total. The summed E-state index contributed by atoms with van der Waals surface area (Å²) in [5, 5.41) is 13.1. The minimum atomic E-state index is -4.14. The minimum absolute atomic E-state index is 0. The number of aryl methyl sites for hydroxylation is 1. The van der Waals surface area contributed by atoms with Crippen molar-refractivity contribution in [3.05, 3.63) is 192 Å². The predicted octanol–water partition coefficient (Wildman–Crippen LogP) is 16.1. The summed E-state index contributed by atoms with van der Waals surface area (Å²) in [5.41, 5.74) is -2.93. The summed E-state index contributed by atoms with van der Waals surface area (Å²) in [6.07, 6.45) is 1.70. The van der Waals surface area contributed by atoms with Gasteiger partial charge in [-0.05, 0) is 92.4 Å². The smallest absolute Gasteiger partial charge is 0.148 e. The van der Waals surface area contributed by atoms with Crippen molar-refractivity contribution in [2.24, 2.45) is 0 Å². The number of rotatable bonds is 7. The molecule has 0 radical (unpaired) electrons. The van der Waals surface area contributed by atoms with Crippen LogP contribution in [0.15, 0.2) is 164 Å². The third kappa shape index (κ3) is 9.09. The van der Waals surface area contributed by atoms with E-state index in [2.05, 4.69) is 6.07 Å². The number of phenols is 1. The number of imidazole rings is 1. The average Bonchev–Trinajstić information content (AvgIpc) is 3.81. The fraction of sp³-hybridized carbons (Fsp3) is 0.213. The molecule has 334 valence electrons. The number of pyridine rings is 1. The Morgan fingerprint density at radius 2 is 1.17 bits per heavy atom. The van der Waals surface area contributed by atoms with Gasteiger partial charge in [0.15, 0.2) is 0 Å². The Balaban J connectivity index is 0.00000920. The zero-order chi connectivity index (χ0) is 60.8. The van der Waals surface area contributed by atoms with Crippen LogP contribution >= 0.6 is 0 Å². The third-order valence-corrected chi connectivity index (χ3v) is 11.7. The molecule has 0 atom stereocenters. The molecule has 0 saturated carbocycles. The fourth-order valence-electron chi connectivity index (χ4n) is 8.34. The number of fused-ring (bicyclic) bond motifs is 1. The van der Waals surface area contributed by atoms with Crippen molar-refractivity contribution >= 4 is 11.0 Å². The van der Waals surface area contributed by atoms with Gasteiger partial charge in [-0.15, -0.1) is 23.8 Å². The van der Waals surface area contributed by atoms with Crippen molar-refractivity contribution in [2.75, 3.05) is 0 Å². The molecule has 0 aliphatic carbocycles. The van der Waals surface area contributed by atoms with Crippen LogP contribution < -0.4 is 0 Å². The second kappa shape index (κ2) is 17.8. The van der Waals surface area contributed by atoms with E-state index in [1.807, 2.05) is 149 Å². The molecule has 0 bridgehead atoms. The Kier molecular flexibility index (Phi) is 7.72. The van der Waals surface area contributed by atoms with Crippen molar-refractivity contribution in [3.8, 4) is 78.6 Å². The van der Waals surface area contributed by atoms with Gasteiger partial charge in [0, 0.05) is 63.2 Å². The minimum Gasteiger partial charge on any atom is -0.507 e. The first kappa shape index (κ1) is 28.6. The molecule has 2 aromatic heterocycles. The van der Waals surface area contributed by atoms with E-state index in [-0.39, 0.29) is 32.1 Å². The van der Waals surface area contributed by atoms with E-state index in [0.717, 1.165) is 45.0 Å². The number of aromatic nitrogens is 3. The normalized spacial score (nSPS) is 17.2. The number of hydrogen-bond donors (Lipinski definition) is 1. The first-order valence-corrected chi connectivity index (χ1v) is 21.2. The topological polar surface area (TPSA) is 50.9 Å². The van der Waals surface area contributed by atoms with Crippen LogP contribution in [0.5, 0.6) is 5.75 Å². The first-order valence-electron chi connectivity index (χ1n) is 30.2. The van der Waals surface area contributed by atoms with Gasteiger partial charge in [0.1, 0.15) is 11.6 Å². The summed E-state index contributed by atoms with van der Waals surface area (Å²) in [6, 6.07) is 49.9. The van der Waals surface area contributed by atoms with Gasteiger partial charge in [-0.25, -0.2) is 4.98 Å². The molecule has 1 N–H and O–H groups in total. The third-order valence-electron chi connectivity index (χ3n) is 11.7. The monoisotopic (exact) mass is 1060 g/mol. The number of phenolic OH excluding ortho intramolecular Hbond substituents is 1. The molecule has 0 aliphatic rings. The van der Waals surface area contributed by atoms with Gasteiger partial charge in [0.2, 0.25) is 0 Å².